The average Bonchev–Trinajstić information content (AvgIpc) is 1.74. The van der Waals surface area contributed by atoms with E-state index in [9.17, 15) is 43.5 Å². The van der Waals surface area contributed by atoms with Crippen LogP contribution in [0.25, 0.3) is 0 Å². The van der Waals surface area contributed by atoms with Crippen molar-refractivity contribution in [3.63, 3.8) is 0 Å². The van der Waals surface area contributed by atoms with Crippen LogP contribution in [0.5, 0.6) is 0 Å². The number of esters is 3. The first-order valence-corrected chi connectivity index (χ1v) is 43.2. The maximum absolute atomic E-state index is 12.9. The van der Waals surface area contributed by atoms with Crippen LogP contribution in [0, 0.1) is 0 Å². The Morgan fingerprint density at radius 2 is 0.525 bits per heavy atom. The Labute approximate surface area is 615 Å². The fourth-order valence-electron chi connectivity index (χ4n) is 10.9. The molecule has 0 amide bonds. The normalized spacial score (nSPS) is 14.6. The number of unbranched alkanes of at least 4 members (excludes halogenated alkanes) is 35. The second-order valence-electron chi connectivity index (χ2n) is 26.8. The highest BCUT2D eigenvalue weighted by Crippen LogP contribution is 2.45. The lowest BCUT2D eigenvalue weighted by Gasteiger charge is -2.21. The molecule has 0 aromatic rings. The summed E-state index contributed by atoms with van der Waals surface area (Å²) in [6.07, 6.45) is 88.7. The molecule has 16 nitrogen and oxygen atoms in total. The molecule has 0 bridgehead atoms. The Morgan fingerprint density at radius 3 is 0.832 bits per heavy atom. The lowest BCUT2D eigenvalue weighted by Crippen LogP contribution is -2.30. The predicted octanol–water partition coefficient (Wildman–Crippen LogP) is 23.5. The maximum atomic E-state index is 12.9. The van der Waals surface area contributed by atoms with Crippen LogP contribution >= 0.6 is 15.6 Å². The first-order valence-electron chi connectivity index (χ1n) is 40.2. The van der Waals surface area contributed by atoms with Crippen LogP contribution < -0.4 is 0 Å². The molecule has 5 atom stereocenters. The third-order valence-electron chi connectivity index (χ3n) is 17.0. The number of ether oxygens (including phenoxy) is 3. The van der Waals surface area contributed by atoms with Gasteiger partial charge in [-0.2, -0.15) is 0 Å². The summed E-state index contributed by atoms with van der Waals surface area (Å²) in [6.45, 7) is 2.47. The van der Waals surface area contributed by atoms with E-state index in [4.69, 9.17) is 32.3 Å². The minimum Gasteiger partial charge on any atom is -0.463 e. The molecule has 5 unspecified atom stereocenters. The Balaban J connectivity index is 4.36. The van der Waals surface area contributed by atoms with E-state index in [1.165, 1.54) is 148 Å². The topological polar surface area (TPSA) is 231 Å². The van der Waals surface area contributed by atoms with Crippen molar-refractivity contribution < 1.29 is 75.8 Å². The predicted molar refractivity (Wildman–Crippen MR) is 417 cm³/mol. The molecule has 0 radical (unpaired) electrons. The zero-order valence-electron chi connectivity index (χ0n) is 63.8. The van der Waals surface area contributed by atoms with E-state index in [0.717, 1.165) is 135 Å². The van der Waals surface area contributed by atoms with Crippen molar-refractivity contribution in [3.8, 4) is 0 Å². The van der Waals surface area contributed by atoms with Gasteiger partial charge in [0.05, 0.1) is 26.4 Å². The second-order valence-corrected chi connectivity index (χ2v) is 29.7. The minimum atomic E-state index is -4.93. The van der Waals surface area contributed by atoms with Gasteiger partial charge < -0.3 is 34.2 Å². The maximum Gasteiger partial charge on any atom is 0.472 e. The number of hydrogen-bond donors (Lipinski definition) is 4. The van der Waals surface area contributed by atoms with Crippen LogP contribution in [-0.2, 0) is 55.8 Å². The molecule has 0 rings (SSSR count). The molecule has 0 fully saturated rings. The van der Waals surface area contributed by atoms with Crippen LogP contribution in [0.3, 0.4) is 0 Å². The van der Waals surface area contributed by atoms with E-state index < -0.39 is 91.5 Å². The lowest BCUT2D eigenvalue weighted by atomic mass is 10.0. The number of phosphoric ester groups is 2. The number of allylic oxidation sites excluding steroid dienone is 18. The molecule has 0 spiro atoms. The fraction of sp³-hybridized carbons (Fsp3) is 0.747. The Morgan fingerprint density at radius 1 is 0.287 bits per heavy atom. The van der Waals surface area contributed by atoms with Gasteiger partial charge in [0.25, 0.3) is 0 Å². The summed E-state index contributed by atoms with van der Waals surface area (Å²) in [5.41, 5.74) is 0. The summed E-state index contributed by atoms with van der Waals surface area (Å²) in [5.74, 6) is -1.58. The summed E-state index contributed by atoms with van der Waals surface area (Å²) in [4.78, 5) is 58.6. The quantitative estimate of drug-likeness (QED) is 0.0146. The number of carbonyl (C=O) groups excluding carboxylic acids is 3. The van der Waals surface area contributed by atoms with Gasteiger partial charge in [0.1, 0.15) is 25.4 Å². The van der Waals surface area contributed by atoms with E-state index in [1.54, 1.807) is 0 Å². The Kier molecular flexibility index (Phi) is 73.0. The molecule has 584 valence electrons. The number of carbonyl (C=O) groups is 3. The molecule has 0 heterocycles. The number of aliphatic hydroxyl groups excluding tert-OH is 2. The Bertz CT molecular complexity index is 2270. The van der Waals surface area contributed by atoms with E-state index >= 15 is 0 Å². The molecule has 0 saturated heterocycles. The van der Waals surface area contributed by atoms with Gasteiger partial charge in [0, 0.05) is 19.3 Å². The lowest BCUT2D eigenvalue weighted by molar-refractivity contribution is -0.161. The van der Waals surface area contributed by atoms with Gasteiger partial charge in [-0.1, -0.05) is 329 Å². The van der Waals surface area contributed by atoms with E-state index in [0.29, 0.717) is 19.3 Å². The molecule has 101 heavy (non-hydrogen) atoms. The van der Waals surface area contributed by atoms with Crippen molar-refractivity contribution in [1.82, 2.24) is 0 Å². The number of rotatable bonds is 76. The smallest absolute Gasteiger partial charge is 0.463 e. The average molecular weight is 1460 g/mol. The van der Waals surface area contributed by atoms with Crippen LogP contribution in [0.1, 0.15) is 342 Å². The third kappa shape index (κ3) is 77.1. The van der Waals surface area contributed by atoms with Gasteiger partial charge >= 0.3 is 33.6 Å². The fourth-order valence-corrected chi connectivity index (χ4v) is 12.5. The molecular weight excluding hydrogens is 1310 g/mol. The summed E-state index contributed by atoms with van der Waals surface area (Å²) in [5, 5.41) is 20.6. The first-order chi connectivity index (χ1) is 49.2. The van der Waals surface area contributed by atoms with Crippen molar-refractivity contribution in [2.75, 3.05) is 39.6 Å². The van der Waals surface area contributed by atoms with Crippen LogP contribution in [0.2, 0.25) is 0 Å². The highest BCUT2D eigenvalue weighted by molar-refractivity contribution is 7.47. The van der Waals surface area contributed by atoms with Gasteiger partial charge in [-0.05, 0) is 103 Å². The largest absolute Gasteiger partial charge is 0.472 e. The van der Waals surface area contributed by atoms with Crippen molar-refractivity contribution in [3.05, 3.63) is 109 Å². The van der Waals surface area contributed by atoms with Crippen molar-refractivity contribution >= 4 is 33.6 Å². The van der Waals surface area contributed by atoms with Gasteiger partial charge in [0.15, 0.2) is 6.10 Å². The molecule has 4 N–H and O–H groups in total. The molecule has 18 heteroatoms. The molecule has 0 aliphatic rings. The molecule has 0 aliphatic carbocycles. The standard InChI is InChI=1S/C83H146O16P2/c1-4-7-10-13-16-19-22-25-28-29-30-31-32-33-34-35-36-37-38-39-40-41-42-43-44-45-46-47-50-52-54-57-60-63-66-69-81(86)93-72-78(84)73-95-100(89,90)96-74-79(85)75-97-101(91,92)98-77-80(99-83(88)71-68-65-62-59-56-53-49-27-24-21-18-15-12-9-6-3)76-94-82(87)70-67-64-61-58-55-51-48-26-23-20-17-14-11-8-5-2/h7-8,10-11,16-17,19-20,25-26,28,30-31,33-34,36-37,48,78-80,84-85H,4-6,9,12-15,18,21-24,27,29,32,35,38-47,49-77H2,1-3H3,(H,89,90)(H,91,92)/b10-7-,11-8-,19-16-,20-17-,28-25-,31-30-,34-33-,37-36-,48-26-. The van der Waals surface area contributed by atoms with E-state index in [1.807, 2.05) is 0 Å². The first kappa shape index (κ1) is 97.2. The highest BCUT2D eigenvalue weighted by atomic mass is 31.2. The summed E-state index contributed by atoms with van der Waals surface area (Å²) in [7, 11) is -9.78. The molecule has 0 saturated carbocycles. The van der Waals surface area contributed by atoms with Crippen LogP contribution in [-0.4, -0.2) is 95.9 Å². The van der Waals surface area contributed by atoms with E-state index in [2.05, 4.69) is 130 Å². The van der Waals surface area contributed by atoms with Crippen molar-refractivity contribution in [2.45, 2.75) is 360 Å². The van der Waals surface area contributed by atoms with Gasteiger partial charge in [0.2, 0.25) is 0 Å². The van der Waals surface area contributed by atoms with Gasteiger partial charge in [-0.3, -0.25) is 32.5 Å². The summed E-state index contributed by atoms with van der Waals surface area (Å²) < 4.78 is 61.1. The SMILES string of the molecule is CC/C=C\C/C=C\C/C=C\C/C=C\C/C=C\C/C=C\CCCCCCCCCCCCCCCCCCC(=O)OCC(O)COP(=O)(O)OCC(O)COP(=O)(O)OCC(COC(=O)CCCCCCC/C=C\C/C=C\C/C=C\CC)OC(=O)CCCCCCCCCCCCCCCCC. The molecule has 0 aromatic carbocycles. The second kappa shape index (κ2) is 75.9. The van der Waals surface area contributed by atoms with Crippen molar-refractivity contribution in [2.24, 2.45) is 0 Å². The molecule has 0 aliphatic heterocycles. The zero-order chi connectivity index (χ0) is 73.7. The molecule has 0 aromatic heterocycles. The highest BCUT2D eigenvalue weighted by Gasteiger charge is 2.29. The molecular formula is C83H146O16P2. The van der Waals surface area contributed by atoms with Crippen LogP contribution in [0.15, 0.2) is 109 Å². The van der Waals surface area contributed by atoms with Crippen molar-refractivity contribution in [1.29, 1.82) is 0 Å². The summed E-state index contributed by atoms with van der Waals surface area (Å²) >= 11 is 0. The minimum absolute atomic E-state index is 0.105. The number of aliphatic hydroxyl groups is 2. The number of phosphoric acid groups is 2. The van der Waals surface area contributed by atoms with Gasteiger partial charge in [-0.25, -0.2) is 9.13 Å². The monoisotopic (exact) mass is 1460 g/mol. The Hall–Kier alpha value is -3.79. The third-order valence-corrected chi connectivity index (χ3v) is 18.9. The van der Waals surface area contributed by atoms with Gasteiger partial charge in [-0.15, -0.1) is 0 Å². The number of hydrogen-bond acceptors (Lipinski definition) is 14. The van der Waals surface area contributed by atoms with Crippen LogP contribution in [0.4, 0.5) is 0 Å². The summed E-state index contributed by atoms with van der Waals surface area (Å²) in [6, 6.07) is 0. The zero-order valence-corrected chi connectivity index (χ0v) is 65.6. The van der Waals surface area contributed by atoms with E-state index in [-0.39, 0.29) is 19.3 Å².